The number of carboxylic acids is 1. The number of aromatic nitrogens is 3. The molecule has 0 aliphatic heterocycles. The molecule has 2 aromatic rings. The van der Waals surface area contributed by atoms with E-state index in [2.05, 4.69) is 10.1 Å². The van der Waals surface area contributed by atoms with E-state index in [1.54, 1.807) is 0 Å². The van der Waals surface area contributed by atoms with Gasteiger partial charge in [0.2, 0.25) is 0 Å². The van der Waals surface area contributed by atoms with Crippen LogP contribution in [-0.2, 0) is 0 Å². The topological polar surface area (TPSA) is 67.5 Å². The summed E-state index contributed by atoms with van der Waals surface area (Å²) < 4.78 is 1.21. The summed E-state index contributed by atoms with van der Waals surface area (Å²) in [6, 6.07) is 2.68. The van der Waals surface area contributed by atoms with E-state index < -0.39 is 5.97 Å². The van der Waals surface area contributed by atoms with Crippen LogP contribution in [0.5, 0.6) is 0 Å². The number of hydrogen-bond acceptors (Lipinski definition) is 3. The number of carboxylic acid groups (broad SMARTS) is 1. The van der Waals surface area contributed by atoms with E-state index in [4.69, 9.17) is 28.3 Å². The molecule has 0 amide bonds. The molecule has 0 aliphatic rings. The molecule has 0 radical (unpaired) electrons. The van der Waals surface area contributed by atoms with Crippen molar-refractivity contribution in [3.05, 3.63) is 28.1 Å². The van der Waals surface area contributed by atoms with E-state index in [1.165, 1.54) is 16.6 Å². The van der Waals surface area contributed by atoms with Gasteiger partial charge in [-0.25, -0.2) is 14.3 Å². The van der Waals surface area contributed by atoms with Gasteiger partial charge in [-0.15, -0.1) is 0 Å². The lowest BCUT2D eigenvalue weighted by molar-refractivity contribution is 0.0690. The number of nitrogens with zero attached hydrogens (tertiary/aromatic N) is 3. The molecule has 0 aromatic carbocycles. The van der Waals surface area contributed by atoms with Crippen molar-refractivity contribution < 1.29 is 9.90 Å². The molecule has 14 heavy (non-hydrogen) atoms. The van der Waals surface area contributed by atoms with Crippen LogP contribution in [0.2, 0.25) is 10.3 Å². The van der Waals surface area contributed by atoms with Crippen LogP contribution in [-0.4, -0.2) is 25.7 Å². The molecule has 0 saturated carbocycles. The summed E-state index contributed by atoms with van der Waals surface area (Å²) in [6.07, 6.45) is 0. The lowest BCUT2D eigenvalue weighted by Gasteiger charge is -1.95. The van der Waals surface area contributed by atoms with Gasteiger partial charge in [-0.05, 0) is 0 Å². The minimum absolute atomic E-state index is 0.123. The zero-order valence-corrected chi connectivity index (χ0v) is 8.12. The van der Waals surface area contributed by atoms with Crippen LogP contribution in [0.25, 0.3) is 5.65 Å². The van der Waals surface area contributed by atoms with Gasteiger partial charge >= 0.3 is 5.97 Å². The lowest BCUT2D eigenvalue weighted by atomic mass is 10.4. The van der Waals surface area contributed by atoms with Crippen LogP contribution in [0.1, 0.15) is 10.5 Å². The quantitative estimate of drug-likeness (QED) is 0.760. The average Bonchev–Trinajstić information content (AvgIpc) is 2.47. The monoisotopic (exact) mass is 231 g/mol. The fourth-order valence-electron chi connectivity index (χ4n) is 1.01. The molecule has 2 aromatic heterocycles. The number of carbonyl (C=O) groups is 1. The van der Waals surface area contributed by atoms with Crippen molar-refractivity contribution in [2.24, 2.45) is 0 Å². The zero-order valence-electron chi connectivity index (χ0n) is 6.61. The smallest absolute Gasteiger partial charge is 0.356 e. The van der Waals surface area contributed by atoms with Crippen molar-refractivity contribution in [1.29, 1.82) is 0 Å². The first-order valence-electron chi connectivity index (χ1n) is 3.53. The third-order valence-electron chi connectivity index (χ3n) is 1.57. The van der Waals surface area contributed by atoms with Gasteiger partial charge in [0, 0.05) is 12.1 Å². The second-order valence-electron chi connectivity index (χ2n) is 2.51. The van der Waals surface area contributed by atoms with Gasteiger partial charge < -0.3 is 5.11 Å². The Hall–Kier alpha value is -1.33. The maximum absolute atomic E-state index is 10.6. The van der Waals surface area contributed by atoms with Crippen LogP contribution < -0.4 is 0 Å². The molecule has 1 N–H and O–H groups in total. The number of hydrogen-bond donors (Lipinski definition) is 1. The van der Waals surface area contributed by atoms with Crippen molar-refractivity contribution in [1.82, 2.24) is 14.6 Å². The van der Waals surface area contributed by atoms with Gasteiger partial charge in [0.25, 0.3) is 0 Å². The Labute approximate surface area is 87.9 Å². The zero-order chi connectivity index (χ0) is 10.3. The molecule has 0 unspecified atom stereocenters. The van der Waals surface area contributed by atoms with Gasteiger partial charge in [0.15, 0.2) is 11.3 Å². The highest BCUT2D eigenvalue weighted by Crippen LogP contribution is 2.16. The van der Waals surface area contributed by atoms with Crippen molar-refractivity contribution in [3.63, 3.8) is 0 Å². The predicted octanol–water partition coefficient (Wildman–Crippen LogP) is 1.73. The fraction of sp³-hybridized carbons (Fsp3) is 0. The minimum atomic E-state index is -1.14. The highest BCUT2D eigenvalue weighted by atomic mass is 35.5. The maximum Gasteiger partial charge on any atom is 0.356 e. The number of rotatable bonds is 1. The summed E-state index contributed by atoms with van der Waals surface area (Å²) in [5.41, 5.74) is 0.182. The molecule has 72 valence electrons. The largest absolute Gasteiger partial charge is 0.476 e. The molecule has 2 heterocycles. The van der Waals surface area contributed by atoms with Crippen LogP contribution >= 0.6 is 23.2 Å². The molecule has 0 saturated heterocycles. The van der Waals surface area contributed by atoms with Crippen molar-refractivity contribution >= 4 is 34.8 Å². The normalized spacial score (nSPS) is 10.7. The Kier molecular flexibility index (Phi) is 2.05. The lowest BCUT2D eigenvalue weighted by Crippen LogP contribution is -1.98. The van der Waals surface area contributed by atoms with Gasteiger partial charge in [0.05, 0.1) is 0 Å². The van der Waals surface area contributed by atoms with Gasteiger partial charge in [-0.2, -0.15) is 5.10 Å². The van der Waals surface area contributed by atoms with Crippen molar-refractivity contribution in [3.8, 4) is 0 Å². The van der Waals surface area contributed by atoms with Crippen molar-refractivity contribution in [2.45, 2.75) is 0 Å². The number of fused-ring (bicyclic) bond motifs is 1. The van der Waals surface area contributed by atoms with Crippen LogP contribution in [0.3, 0.4) is 0 Å². The van der Waals surface area contributed by atoms with Crippen LogP contribution in [0.4, 0.5) is 0 Å². The Morgan fingerprint density at radius 2 is 2.14 bits per heavy atom. The van der Waals surface area contributed by atoms with E-state index in [-0.39, 0.29) is 16.0 Å². The van der Waals surface area contributed by atoms with Crippen LogP contribution in [0, 0.1) is 0 Å². The maximum atomic E-state index is 10.6. The summed E-state index contributed by atoms with van der Waals surface area (Å²) in [6.45, 7) is 0. The molecule has 7 heteroatoms. The Bertz CT molecular complexity index is 523. The van der Waals surface area contributed by atoms with Crippen LogP contribution in [0.15, 0.2) is 12.1 Å². The second-order valence-corrected chi connectivity index (χ2v) is 3.28. The summed E-state index contributed by atoms with van der Waals surface area (Å²) in [4.78, 5) is 14.4. The van der Waals surface area contributed by atoms with E-state index in [9.17, 15) is 4.79 Å². The molecule has 2 rings (SSSR count). The Morgan fingerprint density at radius 3 is 2.79 bits per heavy atom. The molecule has 5 nitrogen and oxygen atoms in total. The fourth-order valence-corrected chi connectivity index (χ4v) is 1.49. The first-order chi connectivity index (χ1) is 6.58. The third-order valence-corrected chi connectivity index (χ3v) is 2.03. The Morgan fingerprint density at radius 1 is 1.43 bits per heavy atom. The highest BCUT2D eigenvalue weighted by molar-refractivity contribution is 6.33. The number of aromatic carboxylic acids is 1. The summed E-state index contributed by atoms with van der Waals surface area (Å²) in [5.74, 6) is -1.14. The molecule has 0 bridgehead atoms. The third kappa shape index (κ3) is 1.40. The molecular weight excluding hydrogens is 229 g/mol. The van der Waals surface area contributed by atoms with E-state index in [1.807, 2.05) is 0 Å². The molecule has 0 spiro atoms. The minimum Gasteiger partial charge on any atom is -0.476 e. The average molecular weight is 232 g/mol. The first kappa shape index (κ1) is 9.23. The van der Waals surface area contributed by atoms with E-state index in [0.717, 1.165) is 0 Å². The summed E-state index contributed by atoms with van der Waals surface area (Å²) >= 11 is 11.4. The standard InChI is InChI=1S/C7H3Cl2N3O2/c8-4-2-5(9)12-6(10-4)1-3(11-12)7(13)14/h1-2H,(H,13,14). The van der Waals surface area contributed by atoms with E-state index >= 15 is 0 Å². The molecule has 0 atom stereocenters. The second kappa shape index (κ2) is 3.11. The predicted molar refractivity (Wildman–Crippen MR) is 50.0 cm³/mol. The SMILES string of the molecule is O=C(O)c1cc2nc(Cl)cc(Cl)n2n1. The summed E-state index contributed by atoms with van der Waals surface area (Å²) in [7, 11) is 0. The number of halogens is 2. The molecule has 0 aliphatic carbocycles. The van der Waals surface area contributed by atoms with Crippen molar-refractivity contribution in [2.75, 3.05) is 0 Å². The Balaban J connectivity index is 2.76. The molecular formula is C7H3Cl2N3O2. The van der Waals surface area contributed by atoms with Gasteiger partial charge in [-0.1, -0.05) is 23.2 Å². The van der Waals surface area contributed by atoms with E-state index in [0.29, 0.717) is 5.65 Å². The molecule has 0 fully saturated rings. The summed E-state index contributed by atoms with van der Waals surface area (Å²) in [5, 5.41) is 12.8. The highest BCUT2D eigenvalue weighted by Gasteiger charge is 2.11. The first-order valence-corrected chi connectivity index (χ1v) is 4.28. The van der Waals surface area contributed by atoms with Gasteiger partial charge in [-0.3, -0.25) is 0 Å². The van der Waals surface area contributed by atoms with Gasteiger partial charge in [0.1, 0.15) is 10.3 Å².